The van der Waals surface area contributed by atoms with Crippen molar-refractivity contribution in [3.8, 4) is 0 Å². The van der Waals surface area contributed by atoms with Gasteiger partial charge in [0.2, 0.25) is 0 Å². The van der Waals surface area contributed by atoms with Crippen molar-refractivity contribution in [3.63, 3.8) is 0 Å². The molecular weight excluding hydrogens is 120 g/mol. The Morgan fingerprint density at radius 2 is 2.12 bits per heavy atom. The van der Waals surface area contributed by atoms with E-state index in [-0.39, 0.29) is 0 Å². The quantitative estimate of drug-likeness (QED) is 0.455. The van der Waals surface area contributed by atoms with Gasteiger partial charge in [-0.2, -0.15) is 0 Å². The molecule has 0 fully saturated rings. The lowest BCUT2D eigenvalue weighted by Crippen LogP contribution is -1.89. The van der Waals surface area contributed by atoms with Gasteiger partial charge in [0.15, 0.2) is 0 Å². The molecule has 0 rings (SSSR count). The second-order valence-electron chi connectivity index (χ2n) is 1.56. The van der Waals surface area contributed by atoms with Crippen LogP contribution in [0.2, 0.25) is 0 Å². The molecule has 8 heavy (non-hydrogen) atoms. The van der Waals surface area contributed by atoms with Crippen LogP contribution in [0.5, 0.6) is 0 Å². The van der Waals surface area contributed by atoms with E-state index in [1.807, 2.05) is 13.8 Å². The Kier molecular flexibility index (Phi) is 3.56. The van der Waals surface area contributed by atoms with E-state index in [1.54, 1.807) is 0 Å². The monoisotopic (exact) mass is 130 g/mol. The number of allylic oxidation sites excluding steroid dienone is 1. The molecule has 2 nitrogen and oxygen atoms in total. The van der Waals surface area contributed by atoms with Gasteiger partial charge in [0.25, 0.3) is 0 Å². The lowest BCUT2D eigenvalue weighted by Gasteiger charge is -1.92. The minimum Gasteiger partial charge on any atom is -0.258 e. The summed E-state index contributed by atoms with van der Waals surface area (Å²) < 4.78 is 3.84. The maximum Gasteiger partial charge on any atom is 0.0558 e. The van der Waals surface area contributed by atoms with Gasteiger partial charge in [0.1, 0.15) is 0 Å². The molecule has 3 heteroatoms. The number of rotatable bonds is 2. The molecular formula is C5H10N2S. The van der Waals surface area contributed by atoms with Crippen molar-refractivity contribution in [2.75, 3.05) is 0 Å². The van der Waals surface area contributed by atoms with Gasteiger partial charge in [-0.1, -0.05) is 6.58 Å². The molecule has 0 spiro atoms. The van der Waals surface area contributed by atoms with Crippen LogP contribution >= 0.6 is 12.1 Å². The number of nitrogens with zero attached hydrogens (tertiary/aromatic N) is 1. The molecule has 0 bridgehead atoms. The van der Waals surface area contributed by atoms with Crippen LogP contribution in [0.25, 0.3) is 0 Å². The Balaban J connectivity index is 3.80. The van der Waals surface area contributed by atoms with Gasteiger partial charge in [-0.15, -0.1) is 0 Å². The summed E-state index contributed by atoms with van der Waals surface area (Å²) in [7, 11) is 0. The smallest absolute Gasteiger partial charge is 0.0558 e. The number of hydrogen-bond acceptors (Lipinski definition) is 3. The molecule has 0 aliphatic rings. The summed E-state index contributed by atoms with van der Waals surface area (Å²) in [6.45, 7) is 7.45. The minimum atomic E-state index is 0.900. The van der Waals surface area contributed by atoms with E-state index in [2.05, 4.69) is 11.0 Å². The molecule has 0 amide bonds. The molecule has 0 saturated carbocycles. The summed E-state index contributed by atoms with van der Waals surface area (Å²) in [5.41, 5.74) is 1.86. The fourth-order valence-corrected chi connectivity index (χ4v) is 0.471. The molecule has 0 aromatic carbocycles. The first-order valence-electron chi connectivity index (χ1n) is 2.25. The van der Waals surface area contributed by atoms with Gasteiger partial charge in [-0.3, -0.25) is 5.14 Å². The van der Waals surface area contributed by atoms with Crippen LogP contribution in [0.15, 0.2) is 16.5 Å². The van der Waals surface area contributed by atoms with Crippen LogP contribution in [0.3, 0.4) is 0 Å². The number of nitrogens with two attached hydrogens (primary N) is 1. The molecule has 0 heterocycles. The molecule has 0 aliphatic carbocycles. The third kappa shape index (κ3) is 2.82. The zero-order valence-corrected chi connectivity index (χ0v) is 5.96. The highest BCUT2D eigenvalue weighted by Gasteiger charge is 1.86. The highest BCUT2D eigenvalue weighted by atomic mass is 32.2. The third-order valence-corrected chi connectivity index (χ3v) is 1.19. The Hall–Kier alpha value is -0.280. The predicted octanol–water partition coefficient (Wildman–Crippen LogP) is 1.55. The van der Waals surface area contributed by atoms with Crippen LogP contribution in [0.1, 0.15) is 13.8 Å². The van der Waals surface area contributed by atoms with Gasteiger partial charge < -0.3 is 0 Å². The Bertz CT molecular complexity index is 118. The molecule has 2 N–H and O–H groups in total. The lowest BCUT2D eigenvalue weighted by molar-refractivity contribution is 1.57. The van der Waals surface area contributed by atoms with Gasteiger partial charge >= 0.3 is 0 Å². The zero-order valence-electron chi connectivity index (χ0n) is 5.14. The summed E-state index contributed by atoms with van der Waals surface area (Å²) in [5, 5.41) is 5.06. The summed E-state index contributed by atoms with van der Waals surface area (Å²) in [6, 6.07) is 0. The van der Waals surface area contributed by atoms with Gasteiger partial charge in [0.05, 0.1) is 12.1 Å². The summed E-state index contributed by atoms with van der Waals surface area (Å²) in [6.07, 6.45) is 0. The molecule has 0 unspecified atom stereocenters. The summed E-state index contributed by atoms with van der Waals surface area (Å²) in [4.78, 5) is 0. The average molecular weight is 130 g/mol. The van der Waals surface area contributed by atoms with Crippen molar-refractivity contribution in [1.82, 2.24) is 0 Å². The van der Waals surface area contributed by atoms with Crippen LogP contribution in [-0.4, -0.2) is 5.71 Å². The molecule has 46 valence electrons. The second kappa shape index (κ2) is 3.69. The Labute approximate surface area is 54.1 Å². The lowest BCUT2D eigenvalue weighted by atomic mass is 10.2. The maximum atomic E-state index is 5.06. The minimum absolute atomic E-state index is 0.900. The largest absolute Gasteiger partial charge is 0.258 e. The Morgan fingerprint density at radius 3 is 2.25 bits per heavy atom. The fraction of sp³-hybridized carbons (Fsp3) is 0.400. The van der Waals surface area contributed by atoms with E-state index in [4.69, 9.17) is 5.14 Å². The van der Waals surface area contributed by atoms with Crippen molar-refractivity contribution >= 4 is 17.8 Å². The van der Waals surface area contributed by atoms with Gasteiger partial charge in [0, 0.05) is 5.71 Å². The topological polar surface area (TPSA) is 38.4 Å². The first-order chi connectivity index (χ1) is 3.68. The standard InChI is InChI=1S/C5H10N2S/c1-4(2)5(3)7-8-6/h1,6H2,2-3H3/b7-5-. The van der Waals surface area contributed by atoms with Gasteiger partial charge in [-0.25, -0.2) is 4.40 Å². The van der Waals surface area contributed by atoms with Crippen LogP contribution < -0.4 is 5.14 Å². The molecule has 0 aromatic rings. The molecule has 0 aromatic heterocycles. The third-order valence-electron chi connectivity index (χ3n) is 0.807. The van der Waals surface area contributed by atoms with Crippen molar-refractivity contribution in [2.24, 2.45) is 9.54 Å². The normalized spacial score (nSPS) is 11.6. The van der Waals surface area contributed by atoms with Crippen LogP contribution in [-0.2, 0) is 0 Å². The zero-order chi connectivity index (χ0) is 6.57. The van der Waals surface area contributed by atoms with Crippen LogP contribution in [0.4, 0.5) is 0 Å². The highest BCUT2D eigenvalue weighted by Crippen LogP contribution is 1.96. The predicted molar refractivity (Wildman–Crippen MR) is 39.7 cm³/mol. The van der Waals surface area contributed by atoms with E-state index in [0.29, 0.717) is 0 Å². The van der Waals surface area contributed by atoms with Crippen molar-refractivity contribution in [2.45, 2.75) is 13.8 Å². The molecule has 0 aliphatic heterocycles. The summed E-state index contributed by atoms with van der Waals surface area (Å²) >= 11 is 0.965. The SMILES string of the molecule is C=C(C)/C(C)=N\SN. The number of hydrogen-bond donors (Lipinski definition) is 1. The molecule has 0 radical (unpaired) electrons. The van der Waals surface area contributed by atoms with Crippen molar-refractivity contribution < 1.29 is 0 Å². The van der Waals surface area contributed by atoms with E-state index in [1.165, 1.54) is 0 Å². The molecule has 0 saturated heterocycles. The van der Waals surface area contributed by atoms with Gasteiger partial charge in [-0.05, 0) is 19.4 Å². The first kappa shape index (κ1) is 7.72. The highest BCUT2D eigenvalue weighted by molar-refractivity contribution is 7.95. The van der Waals surface area contributed by atoms with Crippen molar-refractivity contribution in [3.05, 3.63) is 12.2 Å². The summed E-state index contributed by atoms with van der Waals surface area (Å²) in [5.74, 6) is 0. The fourth-order valence-electron chi connectivity index (χ4n) is 0.157. The Morgan fingerprint density at radius 1 is 1.62 bits per heavy atom. The molecule has 0 atom stereocenters. The van der Waals surface area contributed by atoms with Crippen molar-refractivity contribution in [1.29, 1.82) is 0 Å². The first-order valence-corrected chi connectivity index (χ1v) is 3.08. The van der Waals surface area contributed by atoms with Crippen LogP contribution in [0, 0.1) is 0 Å². The van der Waals surface area contributed by atoms with E-state index in [0.717, 1.165) is 23.4 Å². The maximum absolute atomic E-state index is 5.06. The average Bonchev–Trinajstić information content (AvgIpc) is 1.67. The van der Waals surface area contributed by atoms with E-state index >= 15 is 0 Å². The second-order valence-corrected chi connectivity index (χ2v) is 1.96. The van der Waals surface area contributed by atoms with E-state index < -0.39 is 0 Å². The van der Waals surface area contributed by atoms with E-state index in [9.17, 15) is 0 Å².